The predicted octanol–water partition coefficient (Wildman–Crippen LogP) is 6.21. The first-order chi connectivity index (χ1) is 16.5. The van der Waals surface area contributed by atoms with Gasteiger partial charge in [0.1, 0.15) is 24.2 Å². The van der Waals surface area contributed by atoms with Crippen LogP contribution in [0.5, 0.6) is 5.75 Å². The zero-order valence-corrected chi connectivity index (χ0v) is 20.0. The molecule has 0 fully saturated rings. The summed E-state index contributed by atoms with van der Waals surface area (Å²) in [6.45, 7) is 0. The average molecular weight is 490 g/mol. The molecule has 3 aromatic carbocycles. The van der Waals surface area contributed by atoms with Gasteiger partial charge in [0.05, 0.1) is 5.70 Å². The Balaban J connectivity index is 1.60. The first-order valence-electron chi connectivity index (χ1n) is 10.9. The molecule has 6 nitrogen and oxygen atoms in total. The van der Waals surface area contributed by atoms with Crippen molar-refractivity contribution in [3.63, 3.8) is 0 Å². The zero-order valence-electron chi connectivity index (χ0n) is 18.5. The third kappa shape index (κ3) is 3.42. The summed E-state index contributed by atoms with van der Waals surface area (Å²) in [5, 5.41) is 9.39. The monoisotopic (exact) mass is 489 g/mol. The van der Waals surface area contributed by atoms with Gasteiger partial charge in [0.25, 0.3) is 0 Å². The average Bonchev–Trinajstić information content (AvgIpc) is 3.31. The number of aromatic nitrogens is 3. The van der Waals surface area contributed by atoms with Crippen LogP contribution in [0.25, 0.3) is 5.70 Å². The molecule has 0 aliphatic carbocycles. The van der Waals surface area contributed by atoms with Crippen molar-refractivity contribution in [1.29, 1.82) is 0 Å². The first kappa shape index (κ1) is 21.1. The van der Waals surface area contributed by atoms with Gasteiger partial charge in [0.15, 0.2) is 0 Å². The van der Waals surface area contributed by atoms with E-state index in [1.807, 2.05) is 61.2 Å². The lowest BCUT2D eigenvalue weighted by molar-refractivity contribution is 0.223. The maximum Gasteiger partial charge on any atom is 0.226 e. The van der Waals surface area contributed by atoms with Gasteiger partial charge in [-0.3, -0.25) is 0 Å². The molecular weight excluding hydrogens is 469 g/mol. The van der Waals surface area contributed by atoms with E-state index in [4.69, 9.17) is 27.9 Å². The Kier molecular flexibility index (Phi) is 5.01. The van der Waals surface area contributed by atoms with Crippen molar-refractivity contribution in [1.82, 2.24) is 14.8 Å². The third-order valence-electron chi connectivity index (χ3n) is 6.27. The molecule has 1 aromatic heterocycles. The van der Waals surface area contributed by atoms with Crippen LogP contribution >= 0.6 is 23.2 Å². The number of benzene rings is 3. The van der Waals surface area contributed by atoms with Crippen LogP contribution in [0.15, 0.2) is 78.6 Å². The lowest BCUT2D eigenvalue weighted by atomic mass is 9.84. The Hall–Kier alpha value is -3.48. The topological polar surface area (TPSA) is 55.2 Å². The van der Waals surface area contributed by atoms with E-state index >= 15 is 0 Å². The Labute approximate surface area is 207 Å². The maximum absolute atomic E-state index is 6.62. The molecule has 1 N–H and O–H groups in total. The molecule has 2 atom stereocenters. The standard InChI is InChI=1S/C26H21Cl2N5O/c1-32(2)19-10-5-15(6-11-19)24-22-23(31-26-29-14-30-33(24)26)20-13-18(28)9-12-21(20)34-25(22)16-3-7-17(27)8-4-16/h3-14,24-25H,1-2H3,(H,29,30,31)/t24-,25+/m0/s1. The Morgan fingerprint density at radius 2 is 1.62 bits per heavy atom. The summed E-state index contributed by atoms with van der Waals surface area (Å²) in [6.07, 6.45) is 1.21. The number of ether oxygens (including phenoxy) is 1. The second kappa shape index (κ2) is 8.08. The molecule has 4 aromatic rings. The van der Waals surface area contributed by atoms with E-state index in [0.717, 1.165) is 39.4 Å². The van der Waals surface area contributed by atoms with Crippen LogP contribution in [0.3, 0.4) is 0 Å². The van der Waals surface area contributed by atoms with Gasteiger partial charge in [-0.25, -0.2) is 4.68 Å². The highest BCUT2D eigenvalue weighted by Crippen LogP contribution is 2.51. The Morgan fingerprint density at radius 3 is 2.35 bits per heavy atom. The van der Waals surface area contributed by atoms with Gasteiger partial charge in [-0.1, -0.05) is 47.5 Å². The fourth-order valence-electron chi connectivity index (χ4n) is 4.63. The largest absolute Gasteiger partial charge is 0.480 e. The quantitative estimate of drug-likeness (QED) is 0.370. The number of rotatable bonds is 3. The number of fused-ring (bicyclic) bond motifs is 3. The molecule has 170 valence electrons. The molecule has 2 aliphatic rings. The molecular formula is C26H21Cl2N5O. The van der Waals surface area contributed by atoms with Crippen molar-refractivity contribution in [2.75, 3.05) is 24.3 Å². The van der Waals surface area contributed by atoms with Gasteiger partial charge in [-0.2, -0.15) is 10.1 Å². The van der Waals surface area contributed by atoms with Gasteiger partial charge in [0.2, 0.25) is 5.95 Å². The second-order valence-electron chi connectivity index (χ2n) is 8.56. The van der Waals surface area contributed by atoms with Crippen molar-refractivity contribution in [2.24, 2.45) is 0 Å². The smallest absolute Gasteiger partial charge is 0.226 e. The van der Waals surface area contributed by atoms with E-state index in [1.165, 1.54) is 0 Å². The molecule has 2 aliphatic heterocycles. The first-order valence-corrected chi connectivity index (χ1v) is 11.6. The Morgan fingerprint density at radius 1 is 0.912 bits per heavy atom. The van der Waals surface area contributed by atoms with Crippen molar-refractivity contribution in [3.8, 4) is 5.75 Å². The molecule has 6 rings (SSSR count). The summed E-state index contributed by atoms with van der Waals surface area (Å²) < 4.78 is 8.53. The van der Waals surface area contributed by atoms with E-state index < -0.39 is 0 Å². The minimum atomic E-state index is -0.357. The van der Waals surface area contributed by atoms with Crippen molar-refractivity contribution < 1.29 is 4.74 Å². The van der Waals surface area contributed by atoms with E-state index in [2.05, 4.69) is 44.6 Å². The molecule has 0 amide bonds. The number of nitrogens with one attached hydrogen (secondary N) is 1. The molecule has 0 saturated carbocycles. The second-order valence-corrected chi connectivity index (χ2v) is 9.43. The minimum Gasteiger partial charge on any atom is -0.480 e. The van der Waals surface area contributed by atoms with Crippen LogP contribution in [0, 0.1) is 0 Å². The van der Waals surface area contributed by atoms with E-state index in [-0.39, 0.29) is 12.1 Å². The molecule has 0 saturated heterocycles. The molecule has 0 spiro atoms. The van der Waals surface area contributed by atoms with Crippen molar-refractivity contribution in [3.05, 3.63) is 105 Å². The van der Waals surface area contributed by atoms with Crippen LogP contribution in [0.2, 0.25) is 10.0 Å². The highest BCUT2D eigenvalue weighted by molar-refractivity contribution is 6.31. The van der Waals surface area contributed by atoms with Crippen LogP contribution in [0.4, 0.5) is 11.6 Å². The molecule has 8 heteroatoms. The zero-order chi connectivity index (χ0) is 23.4. The molecule has 34 heavy (non-hydrogen) atoms. The van der Waals surface area contributed by atoms with E-state index in [0.29, 0.717) is 16.0 Å². The summed E-state index contributed by atoms with van der Waals surface area (Å²) >= 11 is 12.6. The summed E-state index contributed by atoms with van der Waals surface area (Å²) in [6, 6.07) is 21.7. The van der Waals surface area contributed by atoms with Crippen molar-refractivity contribution in [2.45, 2.75) is 12.1 Å². The normalized spacial score (nSPS) is 18.4. The summed E-state index contributed by atoms with van der Waals surface area (Å²) in [4.78, 5) is 6.56. The molecule has 0 unspecified atom stereocenters. The lowest BCUT2D eigenvalue weighted by Gasteiger charge is -2.39. The fourth-order valence-corrected chi connectivity index (χ4v) is 4.93. The molecule has 3 heterocycles. The van der Waals surface area contributed by atoms with Gasteiger partial charge >= 0.3 is 0 Å². The number of nitrogens with zero attached hydrogens (tertiary/aromatic N) is 4. The summed E-state index contributed by atoms with van der Waals surface area (Å²) in [5.41, 5.74) is 6.07. The number of hydrogen-bond donors (Lipinski definition) is 1. The van der Waals surface area contributed by atoms with Crippen LogP contribution in [-0.4, -0.2) is 28.9 Å². The highest BCUT2D eigenvalue weighted by Gasteiger charge is 2.41. The van der Waals surface area contributed by atoms with Gasteiger partial charge in [0, 0.05) is 41.0 Å². The lowest BCUT2D eigenvalue weighted by Crippen LogP contribution is -2.32. The molecule has 0 radical (unpaired) electrons. The van der Waals surface area contributed by atoms with E-state index in [9.17, 15) is 0 Å². The maximum atomic E-state index is 6.62. The van der Waals surface area contributed by atoms with Crippen LogP contribution < -0.4 is 15.0 Å². The van der Waals surface area contributed by atoms with Crippen molar-refractivity contribution >= 4 is 40.5 Å². The summed E-state index contributed by atoms with van der Waals surface area (Å²) in [7, 11) is 4.06. The third-order valence-corrected chi connectivity index (χ3v) is 6.76. The van der Waals surface area contributed by atoms with Gasteiger partial charge < -0.3 is 15.0 Å². The number of halogens is 2. The van der Waals surface area contributed by atoms with Crippen LogP contribution in [0.1, 0.15) is 28.8 Å². The fraction of sp³-hybridized carbons (Fsp3) is 0.154. The summed E-state index contributed by atoms with van der Waals surface area (Å²) in [5.74, 6) is 1.42. The SMILES string of the molecule is CN(C)c1ccc([C@H]2C3=C(Nc4ncnn42)c2cc(Cl)ccc2O[C@@H]3c2ccc(Cl)cc2)cc1. The number of hydrogen-bond acceptors (Lipinski definition) is 5. The van der Waals surface area contributed by atoms with Crippen LogP contribution in [-0.2, 0) is 0 Å². The van der Waals surface area contributed by atoms with E-state index in [1.54, 1.807) is 6.33 Å². The van der Waals surface area contributed by atoms with Gasteiger partial charge in [-0.15, -0.1) is 0 Å². The highest BCUT2D eigenvalue weighted by atomic mass is 35.5. The minimum absolute atomic E-state index is 0.224. The predicted molar refractivity (Wildman–Crippen MR) is 136 cm³/mol. The van der Waals surface area contributed by atoms with Gasteiger partial charge in [-0.05, 0) is 53.6 Å². The Bertz CT molecular complexity index is 1410. The number of anilines is 2. The molecule has 0 bridgehead atoms.